The summed E-state index contributed by atoms with van der Waals surface area (Å²) in [7, 11) is -1.54. The van der Waals surface area contributed by atoms with Gasteiger partial charge in [0, 0.05) is 44.3 Å². The number of rotatable bonds is 4. The molecule has 0 unspecified atom stereocenters. The molecule has 0 atom stereocenters. The number of hydrogen-bond acceptors (Lipinski definition) is 6. The first-order chi connectivity index (χ1) is 10.0. The molecule has 9 heteroatoms. The third-order valence-electron chi connectivity index (χ3n) is 3.61. The number of nitrogens with zero attached hydrogens (tertiary/aromatic N) is 4. The zero-order valence-corrected chi connectivity index (χ0v) is 13.7. The third kappa shape index (κ3) is 2.54. The number of aromatic nitrogens is 2. The topological polar surface area (TPSA) is 70.0 Å². The molecule has 1 fully saturated rings. The van der Waals surface area contributed by atoms with Crippen LogP contribution in [-0.4, -0.2) is 66.8 Å². The lowest BCUT2D eigenvalue weighted by molar-refractivity contribution is 0.222. The lowest BCUT2D eigenvalue weighted by atomic mass is 10.4. The summed E-state index contributed by atoms with van der Waals surface area (Å²) < 4.78 is 29.2. The van der Waals surface area contributed by atoms with E-state index in [1.165, 1.54) is 11.3 Å². The largest absolute Gasteiger partial charge is 0.368 e. The number of anilines is 1. The molecule has 1 N–H and O–H groups in total. The van der Waals surface area contributed by atoms with E-state index in [1.54, 1.807) is 14.9 Å². The molecule has 0 aromatic carbocycles. The van der Waals surface area contributed by atoms with Gasteiger partial charge in [0.25, 0.3) is 10.0 Å². The summed E-state index contributed by atoms with van der Waals surface area (Å²) in [5, 5.41) is 5.17. The minimum atomic E-state index is -3.54. The van der Waals surface area contributed by atoms with Crippen molar-refractivity contribution in [1.29, 1.82) is 0 Å². The van der Waals surface area contributed by atoms with Crippen molar-refractivity contribution in [2.45, 2.75) is 11.9 Å². The quantitative estimate of drug-likeness (QED) is 0.897. The fourth-order valence-electron chi connectivity index (χ4n) is 2.44. The Morgan fingerprint density at radius 3 is 2.71 bits per heavy atom. The number of fused-ring (bicyclic) bond motifs is 1. The molecule has 0 radical (unpaired) electrons. The number of imidazole rings is 1. The highest BCUT2D eigenvalue weighted by Gasteiger charge is 2.33. The standard InChI is InChI=1S/C12H19N5O2S2/c1-3-13-10-11(17-8-9-20-12(17)14-10)21(18,19)16-6-4-15(2)5-7-16/h8-9,13H,3-7H2,1-2H3. The number of piperazine rings is 1. The molecule has 0 bridgehead atoms. The number of sulfonamides is 1. The van der Waals surface area contributed by atoms with E-state index in [9.17, 15) is 8.42 Å². The summed E-state index contributed by atoms with van der Waals surface area (Å²) in [6.45, 7) is 5.10. The fourth-order valence-corrected chi connectivity index (χ4v) is 4.86. The Balaban J connectivity index is 2.05. The van der Waals surface area contributed by atoms with Crippen LogP contribution >= 0.6 is 11.3 Å². The first-order valence-electron chi connectivity index (χ1n) is 6.92. The van der Waals surface area contributed by atoms with Gasteiger partial charge in [-0.15, -0.1) is 11.3 Å². The molecule has 0 aliphatic carbocycles. The van der Waals surface area contributed by atoms with E-state index in [1.807, 2.05) is 19.4 Å². The second kappa shape index (κ2) is 5.56. The molecule has 1 aliphatic rings. The van der Waals surface area contributed by atoms with Gasteiger partial charge in [0.2, 0.25) is 0 Å². The highest BCUT2D eigenvalue weighted by molar-refractivity contribution is 7.89. The average Bonchev–Trinajstić information content (AvgIpc) is 2.99. The molecule has 0 saturated carbocycles. The van der Waals surface area contributed by atoms with Crippen LogP contribution in [0.25, 0.3) is 4.96 Å². The smallest absolute Gasteiger partial charge is 0.262 e. The van der Waals surface area contributed by atoms with Gasteiger partial charge >= 0.3 is 0 Å². The average molecular weight is 329 g/mol. The van der Waals surface area contributed by atoms with E-state index >= 15 is 0 Å². The number of nitrogens with one attached hydrogen (secondary N) is 1. The molecule has 3 rings (SSSR count). The van der Waals surface area contributed by atoms with Crippen LogP contribution in [0.3, 0.4) is 0 Å². The normalized spacial score (nSPS) is 18.4. The first-order valence-corrected chi connectivity index (χ1v) is 9.24. The highest BCUT2D eigenvalue weighted by atomic mass is 32.2. The molecule has 2 aromatic rings. The van der Waals surface area contributed by atoms with Crippen LogP contribution in [0.1, 0.15) is 6.92 Å². The van der Waals surface area contributed by atoms with E-state index in [-0.39, 0.29) is 5.03 Å². The minimum absolute atomic E-state index is 0.255. The zero-order chi connectivity index (χ0) is 15.0. The van der Waals surface area contributed by atoms with Crippen LogP contribution in [0.15, 0.2) is 16.6 Å². The van der Waals surface area contributed by atoms with Crippen molar-refractivity contribution in [3.05, 3.63) is 11.6 Å². The fraction of sp³-hybridized carbons (Fsp3) is 0.583. The van der Waals surface area contributed by atoms with Crippen LogP contribution < -0.4 is 5.32 Å². The molecule has 2 aromatic heterocycles. The van der Waals surface area contributed by atoms with Crippen LogP contribution in [0.5, 0.6) is 0 Å². The lowest BCUT2D eigenvalue weighted by Gasteiger charge is -2.31. The van der Waals surface area contributed by atoms with Crippen LogP contribution in [-0.2, 0) is 10.0 Å². The molecule has 21 heavy (non-hydrogen) atoms. The van der Waals surface area contributed by atoms with E-state index in [0.29, 0.717) is 30.4 Å². The molecular weight excluding hydrogens is 310 g/mol. The molecule has 1 saturated heterocycles. The SMILES string of the molecule is CCNc1nc2sccn2c1S(=O)(=O)N1CCN(C)CC1. The Morgan fingerprint density at radius 1 is 1.33 bits per heavy atom. The Labute approximate surface area is 128 Å². The molecule has 7 nitrogen and oxygen atoms in total. The maximum absolute atomic E-state index is 13.0. The van der Waals surface area contributed by atoms with Crippen molar-refractivity contribution in [2.24, 2.45) is 0 Å². The van der Waals surface area contributed by atoms with Crippen LogP contribution in [0, 0.1) is 0 Å². The van der Waals surface area contributed by atoms with Gasteiger partial charge in [-0.05, 0) is 14.0 Å². The first kappa shape index (κ1) is 14.8. The summed E-state index contributed by atoms with van der Waals surface area (Å²) in [4.78, 5) is 7.22. The van der Waals surface area contributed by atoms with Crippen molar-refractivity contribution < 1.29 is 8.42 Å². The van der Waals surface area contributed by atoms with Gasteiger partial charge in [-0.3, -0.25) is 4.40 Å². The Hall–Kier alpha value is -1.16. The summed E-state index contributed by atoms with van der Waals surface area (Å²) in [5.41, 5.74) is 0. The van der Waals surface area contributed by atoms with E-state index in [2.05, 4.69) is 15.2 Å². The van der Waals surface area contributed by atoms with E-state index < -0.39 is 10.0 Å². The van der Waals surface area contributed by atoms with Crippen LogP contribution in [0.2, 0.25) is 0 Å². The van der Waals surface area contributed by atoms with Gasteiger partial charge in [0.15, 0.2) is 15.8 Å². The predicted molar refractivity (Wildman–Crippen MR) is 83.5 cm³/mol. The monoisotopic (exact) mass is 329 g/mol. The van der Waals surface area contributed by atoms with Crippen molar-refractivity contribution in [1.82, 2.24) is 18.6 Å². The van der Waals surface area contributed by atoms with Gasteiger partial charge in [0.1, 0.15) is 0 Å². The Bertz CT molecular complexity index is 728. The molecule has 3 heterocycles. The number of hydrogen-bond donors (Lipinski definition) is 1. The van der Waals surface area contributed by atoms with E-state index in [0.717, 1.165) is 13.1 Å². The zero-order valence-electron chi connectivity index (χ0n) is 12.1. The molecule has 116 valence electrons. The van der Waals surface area contributed by atoms with Crippen LogP contribution in [0.4, 0.5) is 5.82 Å². The number of thiazole rings is 1. The number of likely N-dealkylation sites (N-methyl/N-ethyl adjacent to an activating group) is 1. The van der Waals surface area contributed by atoms with Gasteiger partial charge in [-0.25, -0.2) is 13.4 Å². The third-order valence-corrected chi connectivity index (χ3v) is 6.29. The molecule has 0 spiro atoms. The Kier molecular flexibility index (Phi) is 3.91. The lowest BCUT2D eigenvalue weighted by Crippen LogP contribution is -2.47. The minimum Gasteiger partial charge on any atom is -0.368 e. The van der Waals surface area contributed by atoms with Crippen molar-refractivity contribution in [3.63, 3.8) is 0 Å². The van der Waals surface area contributed by atoms with Gasteiger partial charge in [-0.1, -0.05) is 0 Å². The molecule has 1 aliphatic heterocycles. The van der Waals surface area contributed by atoms with Crippen molar-refractivity contribution in [2.75, 3.05) is 45.1 Å². The second-order valence-electron chi connectivity index (χ2n) is 5.06. The van der Waals surface area contributed by atoms with Crippen molar-refractivity contribution in [3.8, 4) is 0 Å². The summed E-state index contributed by atoms with van der Waals surface area (Å²) in [6.07, 6.45) is 1.76. The maximum Gasteiger partial charge on any atom is 0.262 e. The summed E-state index contributed by atoms with van der Waals surface area (Å²) in [6, 6.07) is 0. The summed E-state index contributed by atoms with van der Waals surface area (Å²) >= 11 is 1.43. The molecule has 0 amide bonds. The van der Waals surface area contributed by atoms with Gasteiger partial charge in [-0.2, -0.15) is 4.31 Å². The maximum atomic E-state index is 13.0. The van der Waals surface area contributed by atoms with Crippen molar-refractivity contribution >= 4 is 32.1 Å². The Morgan fingerprint density at radius 2 is 2.05 bits per heavy atom. The van der Waals surface area contributed by atoms with E-state index in [4.69, 9.17) is 0 Å². The summed E-state index contributed by atoms with van der Waals surface area (Å²) in [5.74, 6) is 0.447. The van der Waals surface area contributed by atoms with Gasteiger partial charge < -0.3 is 10.2 Å². The predicted octanol–water partition coefficient (Wildman–Crippen LogP) is 0.764. The highest BCUT2D eigenvalue weighted by Crippen LogP contribution is 2.28. The molecular formula is C12H19N5O2S2. The second-order valence-corrected chi connectivity index (χ2v) is 7.79. The van der Waals surface area contributed by atoms with Gasteiger partial charge in [0.05, 0.1) is 0 Å².